The van der Waals surface area contributed by atoms with Crippen molar-refractivity contribution in [3.8, 4) is 0 Å². The van der Waals surface area contributed by atoms with E-state index in [0.717, 1.165) is 17.0 Å². The molecular formula is C28H27N3O2S. The minimum atomic E-state index is -0.147. The Bertz CT molecular complexity index is 1270. The largest absolute Gasteiger partial charge is 0.365 e. The van der Waals surface area contributed by atoms with Gasteiger partial charge in [0.2, 0.25) is 0 Å². The molecule has 3 aromatic carbocycles. The van der Waals surface area contributed by atoms with Crippen LogP contribution < -0.4 is 10.2 Å². The number of hydrogen-bond acceptors (Lipinski definition) is 4. The van der Waals surface area contributed by atoms with Crippen molar-refractivity contribution in [1.29, 1.82) is 0 Å². The molecule has 2 heterocycles. The van der Waals surface area contributed by atoms with Crippen LogP contribution in [0.1, 0.15) is 28.4 Å². The zero-order valence-electron chi connectivity index (χ0n) is 19.3. The molecule has 1 N–H and O–H groups in total. The van der Waals surface area contributed by atoms with Crippen LogP contribution in [0.4, 0.5) is 11.4 Å². The maximum absolute atomic E-state index is 13.3. The smallest absolute Gasteiger partial charge is 0.262 e. The molecule has 6 heteroatoms. The quantitative estimate of drug-likeness (QED) is 0.520. The summed E-state index contributed by atoms with van der Waals surface area (Å²) >= 11 is 1.43. The predicted molar refractivity (Wildman–Crippen MR) is 139 cm³/mol. The number of carbonyl (C=O) groups is 2. The fourth-order valence-corrected chi connectivity index (χ4v) is 5.44. The van der Waals surface area contributed by atoms with E-state index in [1.807, 2.05) is 53.4 Å². The van der Waals surface area contributed by atoms with Crippen LogP contribution in [0.25, 0.3) is 6.08 Å². The van der Waals surface area contributed by atoms with Crippen LogP contribution in [0.5, 0.6) is 0 Å². The molecule has 0 spiro atoms. The monoisotopic (exact) mass is 469 g/mol. The zero-order valence-corrected chi connectivity index (χ0v) is 20.1. The Morgan fingerprint density at radius 2 is 1.85 bits per heavy atom. The predicted octanol–water partition coefficient (Wildman–Crippen LogP) is 5.43. The van der Waals surface area contributed by atoms with E-state index in [9.17, 15) is 9.59 Å². The number of amides is 2. The highest BCUT2D eigenvalue weighted by molar-refractivity contribution is 8.04. The Kier molecular flexibility index (Phi) is 6.16. The maximum atomic E-state index is 13.3. The van der Waals surface area contributed by atoms with Crippen LogP contribution in [0, 0.1) is 6.92 Å². The fourth-order valence-electron chi connectivity index (χ4n) is 4.51. The van der Waals surface area contributed by atoms with Gasteiger partial charge in [-0.3, -0.25) is 9.59 Å². The van der Waals surface area contributed by atoms with Crippen molar-refractivity contribution in [3.63, 3.8) is 0 Å². The van der Waals surface area contributed by atoms with Crippen LogP contribution >= 0.6 is 11.8 Å². The summed E-state index contributed by atoms with van der Waals surface area (Å²) in [5.41, 5.74) is 4.71. The number of piperazine rings is 1. The van der Waals surface area contributed by atoms with Crippen molar-refractivity contribution in [3.05, 3.63) is 94.4 Å². The first-order valence-corrected chi connectivity index (χ1v) is 12.3. The summed E-state index contributed by atoms with van der Waals surface area (Å²) in [6.45, 7) is 6.38. The van der Waals surface area contributed by atoms with Gasteiger partial charge in [0, 0.05) is 41.8 Å². The molecule has 1 saturated heterocycles. The molecule has 0 aromatic heterocycles. The number of anilines is 2. The van der Waals surface area contributed by atoms with Crippen molar-refractivity contribution in [1.82, 2.24) is 4.90 Å². The van der Waals surface area contributed by atoms with E-state index in [2.05, 4.69) is 48.3 Å². The molecule has 0 bridgehead atoms. The maximum Gasteiger partial charge on any atom is 0.262 e. The summed E-state index contributed by atoms with van der Waals surface area (Å²) in [4.78, 5) is 31.8. The van der Waals surface area contributed by atoms with E-state index >= 15 is 0 Å². The van der Waals surface area contributed by atoms with Gasteiger partial charge in [-0.05, 0) is 61.4 Å². The average molecular weight is 470 g/mol. The third-order valence-corrected chi connectivity index (χ3v) is 7.36. The van der Waals surface area contributed by atoms with Crippen LogP contribution in [-0.2, 0) is 4.79 Å². The Morgan fingerprint density at radius 3 is 2.62 bits per heavy atom. The Morgan fingerprint density at radius 1 is 1.03 bits per heavy atom. The van der Waals surface area contributed by atoms with Gasteiger partial charge in [-0.25, -0.2) is 0 Å². The van der Waals surface area contributed by atoms with Crippen LogP contribution in [0.15, 0.2) is 82.6 Å². The van der Waals surface area contributed by atoms with Crippen LogP contribution in [0.2, 0.25) is 0 Å². The molecule has 1 atom stereocenters. The molecule has 3 aromatic rings. The van der Waals surface area contributed by atoms with Crippen molar-refractivity contribution in [2.75, 3.05) is 29.9 Å². The van der Waals surface area contributed by atoms with E-state index in [4.69, 9.17) is 0 Å². The Labute approximate surface area is 204 Å². The molecule has 5 rings (SSSR count). The second-order valence-corrected chi connectivity index (χ2v) is 9.90. The summed E-state index contributed by atoms with van der Waals surface area (Å²) in [5, 5.41) is 2.96. The summed E-state index contributed by atoms with van der Waals surface area (Å²) in [6.07, 6.45) is 1.89. The number of fused-ring (bicyclic) bond motifs is 1. The topological polar surface area (TPSA) is 52.6 Å². The van der Waals surface area contributed by atoms with Gasteiger partial charge in [0.1, 0.15) is 0 Å². The third kappa shape index (κ3) is 4.59. The normalized spacial score (nSPS) is 19.1. The first kappa shape index (κ1) is 22.3. The Hall–Kier alpha value is -3.51. The SMILES string of the molecule is Cc1cccc(N2CCN(C(=O)c3ccc4c(c3)NC(=O)/C(=C/c3ccccc3)S4)C[C@@H]2C)c1. The third-order valence-electron chi connectivity index (χ3n) is 6.26. The van der Waals surface area contributed by atoms with Gasteiger partial charge >= 0.3 is 0 Å². The van der Waals surface area contributed by atoms with Gasteiger partial charge < -0.3 is 15.1 Å². The summed E-state index contributed by atoms with van der Waals surface area (Å²) in [6, 6.07) is 24.1. The van der Waals surface area contributed by atoms with Crippen LogP contribution in [0.3, 0.4) is 0 Å². The number of hydrogen-bond donors (Lipinski definition) is 1. The average Bonchev–Trinajstić information content (AvgIpc) is 2.84. The first-order valence-electron chi connectivity index (χ1n) is 11.5. The molecule has 172 valence electrons. The van der Waals surface area contributed by atoms with E-state index in [1.165, 1.54) is 23.0 Å². The lowest BCUT2D eigenvalue weighted by atomic mass is 10.1. The second-order valence-electron chi connectivity index (χ2n) is 8.82. The molecule has 0 unspecified atom stereocenters. The molecule has 2 aliphatic rings. The van der Waals surface area contributed by atoms with E-state index in [-0.39, 0.29) is 17.9 Å². The van der Waals surface area contributed by atoms with Gasteiger partial charge in [0.05, 0.1) is 10.6 Å². The molecule has 0 aliphatic carbocycles. The summed E-state index contributed by atoms with van der Waals surface area (Å²) in [5.74, 6) is -0.144. The molecule has 5 nitrogen and oxygen atoms in total. The zero-order chi connectivity index (χ0) is 23.7. The molecule has 0 radical (unpaired) electrons. The van der Waals surface area contributed by atoms with Crippen molar-refractivity contribution >= 4 is 41.0 Å². The number of thioether (sulfide) groups is 1. The van der Waals surface area contributed by atoms with Gasteiger partial charge in [-0.1, -0.05) is 54.2 Å². The highest BCUT2D eigenvalue weighted by Crippen LogP contribution is 2.39. The number of carbonyl (C=O) groups excluding carboxylic acids is 2. The number of aryl methyl sites for hydroxylation is 1. The number of nitrogens with zero attached hydrogens (tertiary/aromatic N) is 2. The summed E-state index contributed by atoms with van der Waals surface area (Å²) in [7, 11) is 0. The van der Waals surface area contributed by atoms with Gasteiger partial charge in [0.25, 0.3) is 11.8 Å². The van der Waals surface area contributed by atoms with Gasteiger partial charge in [0.15, 0.2) is 0 Å². The molecule has 2 aliphatic heterocycles. The van der Waals surface area contributed by atoms with Crippen molar-refractivity contribution in [2.24, 2.45) is 0 Å². The van der Waals surface area contributed by atoms with E-state index in [0.29, 0.717) is 29.2 Å². The Balaban J connectivity index is 1.30. The lowest BCUT2D eigenvalue weighted by molar-refractivity contribution is -0.112. The summed E-state index contributed by atoms with van der Waals surface area (Å²) < 4.78 is 0. The van der Waals surface area contributed by atoms with Gasteiger partial charge in [-0.2, -0.15) is 0 Å². The molecule has 1 fully saturated rings. The highest BCUT2D eigenvalue weighted by atomic mass is 32.2. The minimum Gasteiger partial charge on any atom is -0.365 e. The minimum absolute atomic E-state index is 0.00316. The lowest BCUT2D eigenvalue weighted by Crippen LogP contribution is -2.53. The number of rotatable bonds is 3. The van der Waals surface area contributed by atoms with Crippen molar-refractivity contribution < 1.29 is 9.59 Å². The van der Waals surface area contributed by atoms with Crippen LogP contribution in [-0.4, -0.2) is 42.4 Å². The second kappa shape index (κ2) is 9.39. The highest BCUT2D eigenvalue weighted by Gasteiger charge is 2.29. The number of nitrogens with one attached hydrogen (secondary N) is 1. The van der Waals surface area contributed by atoms with E-state index < -0.39 is 0 Å². The molecule has 0 saturated carbocycles. The fraction of sp³-hybridized carbons (Fsp3) is 0.214. The molecule has 2 amide bonds. The van der Waals surface area contributed by atoms with Gasteiger partial charge in [-0.15, -0.1) is 0 Å². The van der Waals surface area contributed by atoms with Crippen molar-refractivity contribution in [2.45, 2.75) is 24.8 Å². The standard InChI is InChI=1S/C28H27N3O2S/c1-19-7-6-10-23(15-19)31-14-13-30(18-20(31)2)28(33)22-11-12-25-24(17-22)29-27(32)26(34-25)16-21-8-4-3-5-9-21/h3-12,15-17,20H,13-14,18H2,1-2H3,(H,29,32)/b26-16-/t20-/m0/s1. The molecular weight excluding hydrogens is 442 g/mol. The lowest BCUT2D eigenvalue weighted by Gasteiger charge is -2.41. The first-order chi connectivity index (χ1) is 16.5. The van der Waals surface area contributed by atoms with E-state index in [1.54, 1.807) is 6.07 Å². The number of benzene rings is 3. The molecule has 34 heavy (non-hydrogen) atoms.